The van der Waals surface area contributed by atoms with Crippen molar-refractivity contribution < 1.29 is 13.2 Å². The molecule has 0 unspecified atom stereocenters. The van der Waals surface area contributed by atoms with Gasteiger partial charge in [-0.15, -0.1) is 10.2 Å². The highest BCUT2D eigenvalue weighted by Gasteiger charge is 2.25. The van der Waals surface area contributed by atoms with Gasteiger partial charge in [-0.05, 0) is 36.9 Å². The molecule has 152 valence electrons. The molecule has 1 aromatic heterocycles. The molecule has 3 rings (SSSR count). The molecular formula is C19H20N4O3S3. The lowest BCUT2D eigenvalue weighted by Crippen LogP contribution is -2.29. The van der Waals surface area contributed by atoms with Crippen molar-refractivity contribution >= 4 is 49.8 Å². The smallest absolute Gasteiger partial charge is 0.264 e. The minimum atomic E-state index is -3.82. The van der Waals surface area contributed by atoms with Gasteiger partial charge in [0.05, 0.1) is 16.1 Å². The van der Waals surface area contributed by atoms with E-state index >= 15 is 0 Å². The van der Waals surface area contributed by atoms with Crippen molar-refractivity contribution in [2.24, 2.45) is 0 Å². The largest absolute Gasteiger partial charge is 0.296 e. The number of sulfonamides is 1. The van der Waals surface area contributed by atoms with Gasteiger partial charge in [0.15, 0.2) is 4.34 Å². The number of amides is 1. The van der Waals surface area contributed by atoms with Crippen LogP contribution in [0.15, 0.2) is 57.8 Å². The summed E-state index contributed by atoms with van der Waals surface area (Å²) in [5.74, 6) is 0.406. The lowest BCUT2D eigenvalue weighted by atomic mass is 10.1. The van der Waals surface area contributed by atoms with E-state index in [9.17, 15) is 13.2 Å². The highest BCUT2D eigenvalue weighted by atomic mass is 32.2. The molecule has 0 spiro atoms. The monoisotopic (exact) mass is 448 g/mol. The number of aromatic nitrogens is 2. The van der Waals surface area contributed by atoms with Crippen molar-refractivity contribution in [2.75, 3.05) is 22.4 Å². The summed E-state index contributed by atoms with van der Waals surface area (Å²) in [6.07, 6.45) is 0. The topological polar surface area (TPSA) is 92.3 Å². The van der Waals surface area contributed by atoms with Gasteiger partial charge in [0.1, 0.15) is 0 Å². The Morgan fingerprint density at radius 3 is 2.52 bits per heavy atom. The average Bonchev–Trinajstić information content (AvgIpc) is 3.15. The fraction of sp³-hybridized carbons (Fsp3) is 0.211. The molecule has 1 heterocycles. The lowest BCUT2D eigenvalue weighted by Gasteiger charge is -2.22. The first-order chi connectivity index (χ1) is 13.8. The Kier molecular flexibility index (Phi) is 6.56. The van der Waals surface area contributed by atoms with Crippen LogP contribution in [0, 0.1) is 6.92 Å². The fourth-order valence-corrected chi connectivity index (χ4v) is 5.40. The molecule has 0 radical (unpaired) electrons. The second-order valence-corrected chi connectivity index (χ2v) is 10.5. The molecule has 29 heavy (non-hydrogen) atoms. The van der Waals surface area contributed by atoms with Gasteiger partial charge in [-0.1, -0.05) is 59.9 Å². The average molecular weight is 449 g/mol. The van der Waals surface area contributed by atoms with Gasteiger partial charge in [-0.3, -0.25) is 14.4 Å². The fourth-order valence-electron chi connectivity index (χ4n) is 2.54. The summed E-state index contributed by atoms with van der Waals surface area (Å²) in [6, 6.07) is 13.1. The zero-order chi connectivity index (χ0) is 21.0. The number of nitrogens with zero attached hydrogens (tertiary/aromatic N) is 3. The number of hydrogen-bond donors (Lipinski definition) is 1. The number of para-hydroxylation sites is 1. The van der Waals surface area contributed by atoms with Gasteiger partial charge in [-0.2, -0.15) is 0 Å². The van der Waals surface area contributed by atoms with E-state index in [4.69, 9.17) is 0 Å². The van der Waals surface area contributed by atoms with E-state index in [2.05, 4.69) is 15.5 Å². The van der Waals surface area contributed by atoms with Crippen LogP contribution in [0.3, 0.4) is 0 Å². The number of rotatable bonds is 7. The van der Waals surface area contributed by atoms with E-state index in [0.29, 0.717) is 5.13 Å². The van der Waals surface area contributed by atoms with Gasteiger partial charge in [0, 0.05) is 7.05 Å². The number of nitrogens with one attached hydrogen (secondary N) is 1. The third-order valence-corrected chi connectivity index (χ3v) is 7.70. The molecule has 1 N–H and O–H groups in total. The second-order valence-electron chi connectivity index (χ2n) is 6.06. The predicted molar refractivity (Wildman–Crippen MR) is 117 cm³/mol. The van der Waals surface area contributed by atoms with Crippen molar-refractivity contribution in [3.8, 4) is 0 Å². The molecule has 0 aliphatic carbocycles. The van der Waals surface area contributed by atoms with Crippen molar-refractivity contribution in [1.29, 1.82) is 0 Å². The van der Waals surface area contributed by atoms with E-state index in [1.54, 1.807) is 48.5 Å². The Labute approximate surface area is 178 Å². The van der Waals surface area contributed by atoms with E-state index in [1.807, 2.05) is 13.8 Å². The van der Waals surface area contributed by atoms with Crippen molar-refractivity contribution in [3.05, 3.63) is 59.7 Å². The van der Waals surface area contributed by atoms with E-state index < -0.39 is 15.9 Å². The molecule has 3 aromatic rings. The van der Waals surface area contributed by atoms with Crippen molar-refractivity contribution in [2.45, 2.75) is 23.1 Å². The van der Waals surface area contributed by atoms with Crippen LogP contribution in [0.2, 0.25) is 0 Å². The quantitative estimate of drug-likeness (QED) is 0.433. The number of anilines is 2. The molecule has 7 nitrogen and oxygen atoms in total. The molecule has 0 aliphatic rings. The van der Waals surface area contributed by atoms with Gasteiger partial charge >= 0.3 is 0 Å². The van der Waals surface area contributed by atoms with Gasteiger partial charge in [0.25, 0.3) is 15.9 Å². The Balaban J connectivity index is 1.89. The van der Waals surface area contributed by atoms with Crippen molar-refractivity contribution in [1.82, 2.24) is 10.2 Å². The maximum absolute atomic E-state index is 13.0. The molecule has 0 atom stereocenters. The third-order valence-electron chi connectivity index (χ3n) is 4.06. The van der Waals surface area contributed by atoms with E-state index in [1.165, 1.54) is 30.1 Å². The predicted octanol–water partition coefficient (Wildman–Crippen LogP) is 4.04. The van der Waals surface area contributed by atoms with Crippen LogP contribution in [0.5, 0.6) is 0 Å². The number of hydrogen-bond acceptors (Lipinski definition) is 7. The molecular weight excluding hydrogens is 428 g/mol. The molecule has 0 bridgehead atoms. The summed E-state index contributed by atoms with van der Waals surface area (Å²) in [5, 5.41) is 11.0. The SMILES string of the molecule is CCSc1nnc(NC(=O)c2ccccc2N(C)S(=O)(=O)c2ccc(C)cc2)s1. The first kappa shape index (κ1) is 21.3. The van der Waals surface area contributed by atoms with Crippen molar-refractivity contribution in [3.63, 3.8) is 0 Å². The maximum Gasteiger partial charge on any atom is 0.264 e. The zero-order valence-electron chi connectivity index (χ0n) is 16.1. The standard InChI is InChI=1S/C19H20N4O3S3/c1-4-27-19-22-21-18(28-19)20-17(24)15-7-5-6-8-16(15)23(3)29(25,26)14-11-9-13(2)10-12-14/h5-12H,4H2,1-3H3,(H,20,21,24). The summed E-state index contributed by atoms with van der Waals surface area (Å²) in [4.78, 5) is 13.0. The van der Waals surface area contributed by atoms with Crippen LogP contribution in [0.4, 0.5) is 10.8 Å². The van der Waals surface area contributed by atoms with E-state index in [-0.39, 0.29) is 16.1 Å². The lowest BCUT2D eigenvalue weighted by molar-refractivity contribution is 0.102. The first-order valence-electron chi connectivity index (χ1n) is 8.75. The number of thioether (sulfide) groups is 1. The molecule has 0 aliphatic heterocycles. The number of aryl methyl sites for hydroxylation is 1. The first-order valence-corrected chi connectivity index (χ1v) is 12.0. The van der Waals surface area contributed by atoms with Crippen LogP contribution < -0.4 is 9.62 Å². The van der Waals surface area contributed by atoms with Gasteiger partial charge in [0.2, 0.25) is 5.13 Å². The molecule has 1 amide bonds. The summed E-state index contributed by atoms with van der Waals surface area (Å²) < 4.78 is 27.9. The number of benzene rings is 2. The highest BCUT2D eigenvalue weighted by molar-refractivity contribution is 8.01. The Bertz CT molecular complexity index is 1110. The normalized spacial score (nSPS) is 11.3. The van der Waals surface area contributed by atoms with Crippen LogP contribution in [0.25, 0.3) is 0 Å². The summed E-state index contributed by atoms with van der Waals surface area (Å²) in [6.45, 7) is 3.89. The maximum atomic E-state index is 13.0. The zero-order valence-corrected chi connectivity index (χ0v) is 18.6. The summed E-state index contributed by atoms with van der Waals surface area (Å²) in [5.41, 5.74) is 1.47. The third kappa shape index (κ3) is 4.77. The Morgan fingerprint density at radius 1 is 1.14 bits per heavy atom. The molecule has 10 heteroatoms. The van der Waals surface area contributed by atoms with Crippen LogP contribution in [-0.4, -0.2) is 37.3 Å². The molecule has 0 fully saturated rings. The van der Waals surface area contributed by atoms with Gasteiger partial charge < -0.3 is 0 Å². The van der Waals surface area contributed by atoms with Crippen LogP contribution in [-0.2, 0) is 10.0 Å². The summed E-state index contributed by atoms with van der Waals surface area (Å²) in [7, 11) is -2.38. The van der Waals surface area contributed by atoms with Crippen LogP contribution in [0.1, 0.15) is 22.8 Å². The van der Waals surface area contributed by atoms with Crippen LogP contribution >= 0.6 is 23.1 Å². The number of carbonyl (C=O) groups is 1. The minimum absolute atomic E-state index is 0.158. The Morgan fingerprint density at radius 2 is 1.83 bits per heavy atom. The summed E-state index contributed by atoms with van der Waals surface area (Å²) >= 11 is 2.81. The highest BCUT2D eigenvalue weighted by Crippen LogP contribution is 2.28. The minimum Gasteiger partial charge on any atom is -0.296 e. The van der Waals surface area contributed by atoms with Gasteiger partial charge in [-0.25, -0.2) is 8.42 Å². The Hall–Kier alpha value is -2.43. The molecule has 0 saturated heterocycles. The van der Waals surface area contributed by atoms with E-state index in [0.717, 1.165) is 20.0 Å². The molecule has 2 aromatic carbocycles. The molecule has 0 saturated carbocycles. The second kappa shape index (κ2) is 8.93. The number of carbonyl (C=O) groups excluding carboxylic acids is 1.